The molecule has 0 spiro atoms. The molecule has 17 heavy (non-hydrogen) atoms. The summed E-state index contributed by atoms with van der Waals surface area (Å²) in [5.74, 6) is 1.15. The highest BCUT2D eigenvalue weighted by Gasteiger charge is 2.02. The van der Waals surface area contributed by atoms with Gasteiger partial charge >= 0.3 is 0 Å². The van der Waals surface area contributed by atoms with Gasteiger partial charge in [0.2, 0.25) is 5.88 Å². The molecular weight excluding hydrogens is 234 g/mol. The second kappa shape index (κ2) is 9.29. The van der Waals surface area contributed by atoms with Crippen LogP contribution in [0.1, 0.15) is 51.0 Å². The number of pyridine rings is 1. The van der Waals surface area contributed by atoms with E-state index in [1.165, 1.54) is 32.1 Å². The molecule has 3 heteroatoms. The quantitative estimate of drug-likeness (QED) is 0.477. The number of hydrogen-bond donors (Lipinski definition) is 0. The van der Waals surface area contributed by atoms with Crippen LogP contribution in [0.5, 0.6) is 5.88 Å². The first-order chi connectivity index (χ1) is 8.38. The average Bonchev–Trinajstić information content (AvgIpc) is 2.38. The molecule has 0 aliphatic rings. The Bertz CT molecular complexity index is 304. The number of unbranched alkanes of at least 4 members (excludes halogenated alkanes) is 5. The van der Waals surface area contributed by atoms with E-state index in [1.54, 1.807) is 6.20 Å². The van der Waals surface area contributed by atoms with Crippen molar-refractivity contribution in [3.8, 4) is 5.88 Å². The summed E-state index contributed by atoms with van der Waals surface area (Å²) < 4.78 is 5.64. The summed E-state index contributed by atoms with van der Waals surface area (Å²) in [6, 6.07) is 3.84. The fraction of sp³-hybridized carbons (Fsp3) is 0.643. The highest BCUT2D eigenvalue weighted by Crippen LogP contribution is 2.16. The Hall–Kier alpha value is -0.760. The highest BCUT2D eigenvalue weighted by molar-refractivity contribution is 6.17. The number of rotatable bonds is 9. The minimum atomic E-state index is 0.458. The first-order valence-corrected chi connectivity index (χ1v) is 7.04. The third-order valence-corrected chi connectivity index (χ3v) is 3.02. The summed E-state index contributed by atoms with van der Waals surface area (Å²) in [5, 5.41) is 0. The first-order valence-electron chi connectivity index (χ1n) is 6.51. The summed E-state index contributed by atoms with van der Waals surface area (Å²) in [4.78, 5) is 4.19. The van der Waals surface area contributed by atoms with Gasteiger partial charge in [-0.15, -0.1) is 11.6 Å². The lowest BCUT2D eigenvalue weighted by Crippen LogP contribution is -2.01. The van der Waals surface area contributed by atoms with Crippen molar-refractivity contribution in [3.05, 3.63) is 23.9 Å². The topological polar surface area (TPSA) is 22.1 Å². The average molecular weight is 256 g/mol. The summed E-state index contributed by atoms with van der Waals surface area (Å²) in [7, 11) is 0. The SMILES string of the molecule is CCCCCCCCOc1ncccc1CCl. The zero-order valence-corrected chi connectivity index (χ0v) is 11.4. The lowest BCUT2D eigenvalue weighted by Gasteiger charge is -2.08. The van der Waals surface area contributed by atoms with Gasteiger partial charge in [0.1, 0.15) is 0 Å². The molecule has 0 saturated carbocycles. The molecule has 96 valence electrons. The predicted octanol–water partition coefficient (Wildman–Crippen LogP) is 4.56. The number of aromatic nitrogens is 1. The van der Waals surface area contributed by atoms with Crippen LogP contribution in [0.25, 0.3) is 0 Å². The Morgan fingerprint density at radius 1 is 1.18 bits per heavy atom. The van der Waals surface area contributed by atoms with E-state index in [9.17, 15) is 0 Å². The molecule has 0 bridgehead atoms. The van der Waals surface area contributed by atoms with Crippen LogP contribution in [0.3, 0.4) is 0 Å². The Balaban J connectivity index is 2.13. The highest BCUT2D eigenvalue weighted by atomic mass is 35.5. The Morgan fingerprint density at radius 2 is 1.94 bits per heavy atom. The molecule has 0 aliphatic heterocycles. The minimum absolute atomic E-state index is 0.458. The molecular formula is C14H22ClNO. The van der Waals surface area contributed by atoms with Crippen LogP contribution in [-0.4, -0.2) is 11.6 Å². The maximum Gasteiger partial charge on any atom is 0.217 e. The molecule has 0 unspecified atom stereocenters. The Labute approximate surface area is 109 Å². The van der Waals surface area contributed by atoms with Gasteiger partial charge in [0, 0.05) is 11.8 Å². The van der Waals surface area contributed by atoms with E-state index in [2.05, 4.69) is 11.9 Å². The van der Waals surface area contributed by atoms with Crippen LogP contribution in [0, 0.1) is 0 Å². The number of hydrogen-bond acceptors (Lipinski definition) is 2. The lowest BCUT2D eigenvalue weighted by atomic mass is 10.1. The molecule has 0 fully saturated rings. The van der Waals surface area contributed by atoms with Gasteiger partial charge in [0.15, 0.2) is 0 Å². The van der Waals surface area contributed by atoms with Gasteiger partial charge < -0.3 is 4.74 Å². The molecule has 0 aromatic carbocycles. The van der Waals surface area contributed by atoms with E-state index in [1.807, 2.05) is 12.1 Å². The number of halogens is 1. The number of nitrogens with zero attached hydrogens (tertiary/aromatic N) is 1. The predicted molar refractivity (Wildman–Crippen MR) is 72.7 cm³/mol. The lowest BCUT2D eigenvalue weighted by molar-refractivity contribution is 0.291. The minimum Gasteiger partial charge on any atom is -0.477 e. The third kappa shape index (κ3) is 5.92. The molecule has 0 radical (unpaired) electrons. The van der Waals surface area contributed by atoms with Gasteiger partial charge in [-0.1, -0.05) is 45.1 Å². The van der Waals surface area contributed by atoms with Crippen molar-refractivity contribution < 1.29 is 4.74 Å². The summed E-state index contributed by atoms with van der Waals surface area (Å²) in [6.07, 6.45) is 9.37. The standard InChI is InChI=1S/C14H22ClNO/c1-2-3-4-5-6-7-11-17-14-13(12-15)9-8-10-16-14/h8-10H,2-7,11-12H2,1H3. The van der Waals surface area contributed by atoms with Crippen molar-refractivity contribution in [1.29, 1.82) is 0 Å². The van der Waals surface area contributed by atoms with Crippen molar-refractivity contribution >= 4 is 11.6 Å². The molecule has 0 atom stereocenters. The van der Waals surface area contributed by atoms with Crippen LogP contribution < -0.4 is 4.74 Å². The maximum atomic E-state index is 5.81. The first kappa shape index (κ1) is 14.3. The van der Waals surface area contributed by atoms with Crippen molar-refractivity contribution in [2.45, 2.75) is 51.3 Å². The van der Waals surface area contributed by atoms with Crippen molar-refractivity contribution in [3.63, 3.8) is 0 Å². The maximum absolute atomic E-state index is 5.81. The number of alkyl halides is 1. The summed E-state index contributed by atoms with van der Waals surface area (Å²) in [5.41, 5.74) is 0.972. The van der Waals surface area contributed by atoms with Gasteiger partial charge in [-0.25, -0.2) is 4.98 Å². The van der Waals surface area contributed by atoms with Gasteiger partial charge in [0.25, 0.3) is 0 Å². The molecule has 0 amide bonds. The van der Waals surface area contributed by atoms with Gasteiger partial charge in [-0.3, -0.25) is 0 Å². The van der Waals surface area contributed by atoms with Crippen LogP contribution in [0.4, 0.5) is 0 Å². The van der Waals surface area contributed by atoms with Crippen LogP contribution in [-0.2, 0) is 5.88 Å². The van der Waals surface area contributed by atoms with Crippen LogP contribution in [0.2, 0.25) is 0 Å². The second-order valence-corrected chi connectivity index (χ2v) is 4.48. The molecule has 1 heterocycles. The third-order valence-electron chi connectivity index (χ3n) is 2.73. The van der Waals surface area contributed by atoms with Crippen molar-refractivity contribution in [1.82, 2.24) is 4.98 Å². The van der Waals surface area contributed by atoms with E-state index >= 15 is 0 Å². The molecule has 1 aromatic rings. The van der Waals surface area contributed by atoms with E-state index in [0.717, 1.165) is 18.6 Å². The zero-order chi connectivity index (χ0) is 12.3. The zero-order valence-electron chi connectivity index (χ0n) is 10.6. The van der Waals surface area contributed by atoms with E-state index in [0.29, 0.717) is 11.8 Å². The normalized spacial score (nSPS) is 10.5. The van der Waals surface area contributed by atoms with Crippen LogP contribution in [0.15, 0.2) is 18.3 Å². The van der Waals surface area contributed by atoms with Gasteiger partial charge in [0.05, 0.1) is 12.5 Å². The monoisotopic (exact) mass is 255 g/mol. The van der Waals surface area contributed by atoms with Gasteiger partial charge in [-0.2, -0.15) is 0 Å². The second-order valence-electron chi connectivity index (χ2n) is 4.22. The van der Waals surface area contributed by atoms with Crippen LogP contribution >= 0.6 is 11.6 Å². The van der Waals surface area contributed by atoms with E-state index in [4.69, 9.17) is 16.3 Å². The molecule has 0 N–H and O–H groups in total. The fourth-order valence-corrected chi connectivity index (χ4v) is 1.91. The smallest absolute Gasteiger partial charge is 0.217 e. The summed E-state index contributed by atoms with van der Waals surface area (Å²) >= 11 is 5.81. The fourth-order valence-electron chi connectivity index (χ4n) is 1.71. The van der Waals surface area contributed by atoms with Gasteiger partial charge in [-0.05, 0) is 12.5 Å². The largest absolute Gasteiger partial charge is 0.477 e. The molecule has 1 aromatic heterocycles. The molecule has 0 aliphatic carbocycles. The van der Waals surface area contributed by atoms with E-state index < -0.39 is 0 Å². The van der Waals surface area contributed by atoms with Crippen molar-refractivity contribution in [2.75, 3.05) is 6.61 Å². The van der Waals surface area contributed by atoms with Crippen molar-refractivity contribution in [2.24, 2.45) is 0 Å². The molecule has 1 rings (SSSR count). The Kier molecular flexibility index (Phi) is 7.81. The molecule has 0 saturated heterocycles. The number of ether oxygens (including phenoxy) is 1. The molecule has 2 nitrogen and oxygen atoms in total. The summed E-state index contributed by atoms with van der Waals surface area (Å²) in [6.45, 7) is 2.98. The van der Waals surface area contributed by atoms with E-state index in [-0.39, 0.29) is 0 Å². The Morgan fingerprint density at radius 3 is 2.71 bits per heavy atom.